The van der Waals surface area contributed by atoms with Crippen molar-refractivity contribution in [2.45, 2.75) is 18.6 Å². The molecular weight excluding hydrogens is 290 g/mol. The molecule has 2 aromatic carbocycles. The standard InChI is InChI=1S/C19H23NO3/c1-22-18-11-16(15-5-3-2-4-6-15)7-8-17(18)12-20-13-19(21)9-10-23-14-19/h2-8,11,20-21H,9-10,12-14H2,1H3/t19-/m0/s1. The van der Waals surface area contributed by atoms with Gasteiger partial charge in [-0.3, -0.25) is 0 Å². The van der Waals surface area contributed by atoms with Gasteiger partial charge in [-0.25, -0.2) is 0 Å². The van der Waals surface area contributed by atoms with Crippen LogP contribution in [-0.2, 0) is 11.3 Å². The number of aliphatic hydroxyl groups is 1. The van der Waals surface area contributed by atoms with E-state index in [1.54, 1.807) is 7.11 Å². The fourth-order valence-electron chi connectivity index (χ4n) is 2.87. The van der Waals surface area contributed by atoms with Crippen LogP contribution in [0.15, 0.2) is 48.5 Å². The van der Waals surface area contributed by atoms with Crippen LogP contribution in [0.3, 0.4) is 0 Å². The minimum atomic E-state index is -0.739. The second-order valence-corrected chi connectivity index (χ2v) is 6.02. The quantitative estimate of drug-likeness (QED) is 0.861. The molecule has 0 unspecified atom stereocenters. The molecule has 0 aromatic heterocycles. The maximum Gasteiger partial charge on any atom is 0.123 e. The summed E-state index contributed by atoms with van der Waals surface area (Å²) in [6.45, 7) is 2.22. The van der Waals surface area contributed by atoms with E-state index >= 15 is 0 Å². The fourth-order valence-corrected chi connectivity index (χ4v) is 2.87. The summed E-state index contributed by atoms with van der Waals surface area (Å²) in [5, 5.41) is 13.6. The van der Waals surface area contributed by atoms with Gasteiger partial charge >= 0.3 is 0 Å². The molecule has 2 N–H and O–H groups in total. The molecule has 0 bridgehead atoms. The number of ether oxygens (including phenoxy) is 2. The van der Waals surface area contributed by atoms with Gasteiger partial charge in [-0.15, -0.1) is 0 Å². The van der Waals surface area contributed by atoms with Crippen LogP contribution >= 0.6 is 0 Å². The van der Waals surface area contributed by atoms with Crippen molar-refractivity contribution in [3.05, 3.63) is 54.1 Å². The lowest BCUT2D eigenvalue weighted by atomic mass is 10.0. The zero-order valence-electron chi connectivity index (χ0n) is 13.4. The SMILES string of the molecule is COc1cc(-c2ccccc2)ccc1CNC[C@@]1(O)CCOC1. The average Bonchev–Trinajstić information content (AvgIpc) is 3.02. The van der Waals surface area contributed by atoms with Crippen molar-refractivity contribution in [2.24, 2.45) is 0 Å². The summed E-state index contributed by atoms with van der Waals surface area (Å²) in [5.41, 5.74) is 2.64. The van der Waals surface area contributed by atoms with Gasteiger partial charge < -0.3 is 19.9 Å². The van der Waals surface area contributed by atoms with E-state index in [0.717, 1.165) is 16.9 Å². The van der Waals surface area contributed by atoms with Gasteiger partial charge in [0.1, 0.15) is 11.4 Å². The molecule has 2 aromatic rings. The van der Waals surface area contributed by atoms with Crippen molar-refractivity contribution in [3.8, 4) is 16.9 Å². The van der Waals surface area contributed by atoms with Crippen molar-refractivity contribution in [1.29, 1.82) is 0 Å². The van der Waals surface area contributed by atoms with Crippen LogP contribution < -0.4 is 10.1 Å². The third kappa shape index (κ3) is 3.91. The van der Waals surface area contributed by atoms with Crippen LogP contribution in [0.4, 0.5) is 0 Å². The van der Waals surface area contributed by atoms with Gasteiger partial charge in [0.05, 0.1) is 13.7 Å². The van der Waals surface area contributed by atoms with E-state index in [2.05, 4.69) is 35.6 Å². The molecule has 0 amide bonds. The maximum atomic E-state index is 10.3. The molecule has 122 valence electrons. The first-order chi connectivity index (χ1) is 11.2. The van der Waals surface area contributed by atoms with Crippen molar-refractivity contribution < 1.29 is 14.6 Å². The van der Waals surface area contributed by atoms with E-state index < -0.39 is 5.60 Å². The first-order valence-corrected chi connectivity index (χ1v) is 7.93. The first-order valence-electron chi connectivity index (χ1n) is 7.93. The van der Waals surface area contributed by atoms with E-state index in [9.17, 15) is 5.11 Å². The summed E-state index contributed by atoms with van der Waals surface area (Å²) in [5.74, 6) is 0.855. The monoisotopic (exact) mass is 313 g/mol. The summed E-state index contributed by atoms with van der Waals surface area (Å²) < 4.78 is 10.8. The average molecular weight is 313 g/mol. The molecule has 1 aliphatic rings. The largest absolute Gasteiger partial charge is 0.496 e. The molecule has 1 saturated heterocycles. The van der Waals surface area contributed by atoms with Crippen LogP contribution in [0.2, 0.25) is 0 Å². The number of rotatable bonds is 6. The summed E-state index contributed by atoms with van der Waals surface area (Å²) >= 11 is 0. The van der Waals surface area contributed by atoms with Crippen LogP contribution in [0.25, 0.3) is 11.1 Å². The maximum absolute atomic E-state index is 10.3. The molecule has 1 aliphatic heterocycles. The molecule has 4 nitrogen and oxygen atoms in total. The molecular formula is C19H23NO3. The summed E-state index contributed by atoms with van der Waals surface area (Å²) in [6, 6.07) is 16.5. The fraction of sp³-hybridized carbons (Fsp3) is 0.368. The molecule has 4 heteroatoms. The molecule has 0 aliphatic carbocycles. The Labute approximate surface area is 137 Å². The van der Waals surface area contributed by atoms with E-state index in [0.29, 0.717) is 32.7 Å². The van der Waals surface area contributed by atoms with Crippen LogP contribution in [0, 0.1) is 0 Å². The van der Waals surface area contributed by atoms with Gasteiger partial charge in [-0.1, -0.05) is 42.5 Å². The lowest BCUT2D eigenvalue weighted by molar-refractivity contribution is 0.0268. The number of nitrogens with one attached hydrogen (secondary N) is 1. The smallest absolute Gasteiger partial charge is 0.123 e. The Morgan fingerprint density at radius 2 is 2.00 bits per heavy atom. The molecule has 0 saturated carbocycles. The van der Waals surface area contributed by atoms with Crippen molar-refractivity contribution >= 4 is 0 Å². The first kappa shape index (κ1) is 16.0. The highest BCUT2D eigenvalue weighted by molar-refractivity contribution is 5.66. The van der Waals surface area contributed by atoms with Gasteiger partial charge in [0.25, 0.3) is 0 Å². The molecule has 0 radical (unpaired) electrons. The minimum absolute atomic E-state index is 0.407. The highest BCUT2D eigenvalue weighted by atomic mass is 16.5. The molecule has 0 spiro atoms. The Bertz CT molecular complexity index is 636. The van der Waals surface area contributed by atoms with E-state index in [1.807, 2.05) is 18.2 Å². The lowest BCUT2D eigenvalue weighted by Crippen LogP contribution is -2.40. The van der Waals surface area contributed by atoms with E-state index in [-0.39, 0.29) is 0 Å². The van der Waals surface area contributed by atoms with Crippen molar-refractivity contribution in [3.63, 3.8) is 0 Å². The Kier molecular flexibility index (Phi) is 4.96. The highest BCUT2D eigenvalue weighted by Crippen LogP contribution is 2.27. The number of hydrogen-bond acceptors (Lipinski definition) is 4. The summed E-state index contributed by atoms with van der Waals surface area (Å²) in [7, 11) is 1.69. The third-order valence-corrected chi connectivity index (χ3v) is 4.25. The van der Waals surface area contributed by atoms with Crippen LogP contribution in [-0.4, -0.2) is 37.6 Å². The number of benzene rings is 2. The van der Waals surface area contributed by atoms with Crippen LogP contribution in [0.5, 0.6) is 5.75 Å². The second kappa shape index (κ2) is 7.13. The van der Waals surface area contributed by atoms with Crippen molar-refractivity contribution in [1.82, 2.24) is 5.32 Å². The third-order valence-electron chi connectivity index (χ3n) is 4.25. The normalized spacial score (nSPS) is 20.6. The minimum Gasteiger partial charge on any atom is -0.496 e. The molecule has 23 heavy (non-hydrogen) atoms. The second-order valence-electron chi connectivity index (χ2n) is 6.02. The van der Waals surface area contributed by atoms with E-state index in [1.165, 1.54) is 5.56 Å². The van der Waals surface area contributed by atoms with E-state index in [4.69, 9.17) is 9.47 Å². The zero-order chi connectivity index (χ0) is 16.1. The molecule has 1 fully saturated rings. The van der Waals surface area contributed by atoms with Gasteiger partial charge in [0.2, 0.25) is 0 Å². The highest BCUT2D eigenvalue weighted by Gasteiger charge is 2.31. The predicted molar refractivity (Wildman–Crippen MR) is 90.5 cm³/mol. The molecule has 1 heterocycles. The van der Waals surface area contributed by atoms with Gasteiger partial charge in [-0.05, 0) is 17.2 Å². The molecule has 1 atom stereocenters. The van der Waals surface area contributed by atoms with Gasteiger partial charge in [-0.2, -0.15) is 0 Å². The summed E-state index contributed by atoms with van der Waals surface area (Å²) in [6.07, 6.45) is 0.685. The van der Waals surface area contributed by atoms with Crippen LogP contribution in [0.1, 0.15) is 12.0 Å². The summed E-state index contributed by atoms with van der Waals surface area (Å²) in [4.78, 5) is 0. The van der Waals surface area contributed by atoms with Gasteiger partial charge in [0.15, 0.2) is 0 Å². The molecule has 3 rings (SSSR count). The number of methoxy groups -OCH3 is 1. The Morgan fingerprint density at radius 3 is 2.70 bits per heavy atom. The lowest BCUT2D eigenvalue weighted by Gasteiger charge is -2.21. The Morgan fingerprint density at radius 1 is 1.17 bits per heavy atom. The zero-order valence-corrected chi connectivity index (χ0v) is 13.4. The Hall–Kier alpha value is -1.88. The topological polar surface area (TPSA) is 50.7 Å². The Balaban J connectivity index is 1.67. The van der Waals surface area contributed by atoms with Crippen molar-refractivity contribution in [2.75, 3.05) is 26.9 Å². The number of hydrogen-bond donors (Lipinski definition) is 2. The van der Waals surface area contributed by atoms with Gasteiger partial charge in [0, 0.05) is 31.7 Å². The predicted octanol–water partition coefficient (Wildman–Crippen LogP) is 2.60.